The molecule has 1 aliphatic rings. The Balaban J connectivity index is 1.61. The van der Waals surface area contributed by atoms with Crippen LogP contribution in [0, 0.1) is 5.92 Å². The van der Waals surface area contributed by atoms with Crippen molar-refractivity contribution < 1.29 is 23.5 Å². The molecular formula is C31H27ClN2O6S. The van der Waals surface area contributed by atoms with Gasteiger partial charge in [-0.05, 0) is 54.8 Å². The van der Waals surface area contributed by atoms with Gasteiger partial charge in [-0.1, -0.05) is 61.1 Å². The van der Waals surface area contributed by atoms with E-state index in [9.17, 15) is 14.4 Å². The number of esters is 2. The van der Waals surface area contributed by atoms with Gasteiger partial charge in [0.1, 0.15) is 11.5 Å². The van der Waals surface area contributed by atoms with E-state index in [2.05, 4.69) is 4.99 Å². The summed E-state index contributed by atoms with van der Waals surface area (Å²) in [7, 11) is 1.31. The zero-order chi connectivity index (χ0) is 29.3. The lowest BCUT2D eigenvalue weighted by Crippen LogP contribution is -2.40. The van der Waals surface area contributed by atoms with E-state index < -0.39 is 18.0 Å². The third-order valence-electron chi connectivity index (χ3n) is 6.45. The molecule has 0 N–H and O–H groups in total. The second-order valence-electron chi connectivity index (χ2n) is 9.90. The van der Waals surface area contributed by atoms with Gasteiger partial charge < -0.3 is 13.9 Å². The molecule has 41 heavy (non-hydrogen) atoms. The van der Waals surface area contributed by atoms with E-state index in [1.807, 2.05) is 32.0 Å². The van der Waals surface area contributed by atoms with Gasteiger partial charge in [0.15, 0.2) is 4.80 Å². The average molecular weight is 591 g/mol. The lowest BCUT2D eigenvalue weighted by atomic mass is 9.95. The number of aromatic nitrogens is 1. The van der Waals surface area contributed by atoms with Crippen LogP contribution in [0.15, 0.2) is 86.1 Å². The third-order valence-corrected chi connectivity index (χ3v) is 7.66. The first-order valence-electron chi connectivity index (χ1n) is 12.9. The largest absolute Gasteiger partial charge is 0.465 e. The first-order chi connectivity index (χ1) is 19.7. The van der Waals surface area contributed by atoms with Gasteiger partial charge in [0.05, 0.1) is 41.1 Å². The van der Waals surface area contributed by atoms with Crippen LogP contribution in [0.2, 0.25) is 5.02 Å². The molecule has 0 saturated carbocycles. The minimum absolute atomic E-state index is 0.129. The van der Waals surface area contributed by atoms with E-state index >= 15 is 0 Å². The number of hydrogen-bond donors (Lipinski definition) is 0. The first kappa shape index (κ1) is 28.3. The number of carbonyl (C=O) groups excluding carboxylic acids is 2. The molecule has 1 atom stereocenters. The lowest BCUT2D eigenvalue weighted by Gasteiger charge is -2.25. The molecule has 2 aromatic heterocycles. The van der Waals surface area contributed by atoms with Gasteiger partial charge in [-0.3, -0.25) is 9.36 Å². The molecule has 2 aromatic carbocycles. The van der Waals surface area contributed by atoms with Crippen molar-refractivity contribution in [2.24, 2.45) is 10.9 Å². The highest BCUT2D eigenvalue weighted by Crippen LogP contribution is 2.31. The number of nitrogens with zero attached hydrogens (tertiary/aromatic N) is 2. The van der Waals surface area contributed by atoms with Crippen LogP contribution in [0.5, 0.6) is 0 Å². The number of benzene rings is 2. The van der Waals surface area contributed by atoms with E-state index in [1.54, 1.807) is 55.5 Å². The fourth-order valence-electron chi connectivity index (χ4n) is 4.49. The van der Waals surface area contributed by atoms with Gasteiger partial charge in [-0.15, -0.1) is 0 Å². The fraction of sp³-hybridized carbons (Fsp3) is 0.226. The van der Waals surface area contributed by atoms with E-state index in [4.69, 9.17) is 25.5 Å². The Morgan fingerprint density at radius 2 is 1.88 bits per heavy atom. The van der Waals surface area contributed by atoms with Crippen molar-refractivity contribution >= 4 is 41.0 Å². The summed E-state index contributed by atoms with van der Waals surface area (Å²) in [5, 5.41) is 0.589. The summed E-state index contributed by atoms with van der Waals surface area (Å²) in [6.07, 6.45) is 1.66. The maximum Gasteiger partial charge on any atom is 0.338 e. The first-order valence-corrected chi connectivity index (χ1v) is 14.1. The number of rotatable bonds is 7. The summed E-state index contributed by atoms with van der Waals surface area (Å²) in [6.45, 7) is 5.84. The van der Waals surface area contributed by atoms with Crippen molar-refractivity contribution in [1.82, 2.24) is 4.57 Å². The standard InChI is InChI=1S/C31H27ClN2O6S/c1-17(2)16-39-30(37)26-18(3)33-31-34(27(26)19-8-10-20(11-9-19)29(36)38-4)28(35)25(41-31)15-23-12-13-24(40-23)21-6-5-7-22(32)14-21/h5-15,17,27H,16H2,1-4H3. The Morgan fingerprint density at radius 3 is 2.56 bits per heavy atom. The molecule has 1 unspecified atom stereocenters. The van der Waals surface area contributed by atoms with Crippen molar-refractivity contribution in [3.8, 4) is 11.3 Å². The minimum Gasteiger partial charge on any atom is -0.465 e. The molecular weight excluding hydrogens is 564 g/mol. The Hall–Kier alpha value is -4.21. The summed E-state index contributed by atoms with van der Waals surface area (Å²) >= 11 is 7.32. The van der Waals surface area contributed by atoms with E-state index in [1.165, 1.54) is 23.0 Å². The zero-order valence-corrected chi connectivity index (χ0v) is 24.4. The van der Waals surface area contributed by atoms with E-state index in [0.717, 1.165) is 5.56 Å². The molecule has 0 saturated heterocycles. The maximum absolute atomic E-state index is 13.9. The smallest absolute Gasteiger partial charge is 0.338 e. The number of fused-ring (bicyclic) bond motifs is 1. The number of ether oxygens (including phenoxy) is 2. The van der Waals surface area contributed by atoms with Gasteiger partial charge >= 0.3 is 11.9 Å². The van der Waals surface area contributed by atoms with Crippen LogP contribution in [-0.2, 0) is 14.3 Å². The van der Waals surface area contributed by atoms with Crippen LogP contribution in [0.4, 0.5) is 0 Å². The molecule has 0 amide bonds. The van der Waals surface area contributed by atoms with Gasteiger partial charge in [0, 0.05) is 16.7 Å². The summed E-state index contributed by atoms with van der Waals surface area (Å²) < 4.78 is 18.3. The topological polar surface area (TPSA) is 100 Å². The Labute approximate surface area is 244 Å². The summed E-state index contributed by atoms with van der Waals surface area (Å²) in [5.74, 6) is 0.189. The molecule has 0 aliphatic carbocycles. The number of hydrogen-bond acceptors (Lipinski definition) is 8. The van der Waals surface area contributed by atoms with Crippen molar-refractivity contribution in [3.63, 3.8) is 0 Å². The Kier molecular flexibility index (Phi) is 8.10. The van der Waals surface area contributed by atoms with Crippen molar-refractivity contribution in [1.29, 1.82) is 0 Å². The van der Waals surface area contributed by atoms with Crippen LogP contribution >= 0.6 is 22.9 Å². The lowest BCUT2D eigenvalue weighted by molar-refractivity contribution is -0.140. The van der Waals surface area contributed by atoms with Gasteiger partial charge in [0.25, 0.3) is 5.56 Å². The number of allylic oxidation sites excluding steroid dienone is 1. The molecule has 3 heterocycles. The second kappa shape index (κ2) is 11.7. The van der Waals surface area contributed by atoms with Crippen LogP contribution in [0.25, 0.3) is 17.4 Å². The zero-order valence-electron chi connectivity index (χ0n) is 22.8. The number of carbonyl (C=O) groups is 2. The normalized spacial score (nSPS) is 15.1. The maximum atomic E-state index is 13.9. The van der Waals surface area contributed by atoms with Gasteiger partial charge in [0.2, 0.25) is 0 Å². The summed E-state index contributed by atoms with van der Waals surface area (Å²) in [6, 6.07) is 16.7. The van der Waals surface area contributed by atoms with Crippen LogP contribution in [-0.4, -0.2) is 30.2 Å². The summed E-state index contributed by atoms with van der Waals surface area (Å²) in [5.41, 5.74) is 2.16. The van der Waals surface area contributed by atoms with Gasteiger partial charge in [-0.2, -0.15) is 0 Å². The van der Waals surface area contributed by atoms with E-state index in [0.29, 0.717) is 42.7 Å². The molecule has 10 heteroatoms. The average Bonchev–Trinajstić information content (AvgIpc) is 3.55. The quantitative estimate of drug-likeness (QED) is 0.277. The molecule has 0 radical (unpaired) electrons. The molecule has 0 fully saturated rings. The van der Waals surface area contributed by atoms with Gasteiger partial charge in [-0.25, -0.2) is 14.6 Å². The molecule has 0 bridgehead atoms. The molecule has 8 nitrogen and oxygen atoms in total. The molecule has 5 rings (SSSR count). The van der Waals surface area contributed by atoms with Crippen LogP contribution in [0.3, 0.4) is 0 Å². The minimum atomic E-state index is -0.807. The summed E-state index contributed by atoms with van der Waals surface area (Å²) in [4.78, 5) is 44.3. The highest BCUT2D eigenvalue weighted by molar-refractivity contribution is 7.07. The van der Waals surface area contributed by atoms with Crippen molar-refractivity contribution in [2.75, 3.05) is 13.7 Å². The second-order valence-corrected chi connectivity index (χ2v) is 11.3. The predicted molar refractivity (Wildman–Crippen MR) is 156 cm³/mol. The number of methoxy groups -OCH3 is 1. The number of thiazole rings is 1. The highest BCUT2D eigenvalue weighted by Gasteiger charge is 2.33. The highest BCUT2D eigenvalue weighted by atomic mass is 35.5. The van der Waals surface area contributed by atoms with Crippen LogP contribution < -0.4 is 14.9 Å². The molecule has 1 aliphatic heterocycles. The Morgan fingerprint density at radius 1 is 1.12 bits per heavy atom. The molecule has 210 valence electrons. The SMILES string of the molecule is COC(=O)c1ccc(C2C(C(=O)OCC(C)C)=C(C)N=c3sc(=Cc4ccc(-c5cccc(Cl)c5)o4)c(=O)n32)cc1. The molecule has 4 aromatic rings. The van der Waals surface area contributed by atoms with E-state index in [-0.39, 0.29) is 23.7 Å². The fourth-order valence-corrected chi connectivity index (χ4v) is 5.71. The number of furan rings is 1. The predicted octanol–water partition coefficient (Wildman–Crippen LogP) is 5.13. The molecule has 0 spiro atoms. The number of halogens is 1. The van der Waals surface area contributed by atoms with Crippen LogP contribution in [0.1, 0.15) is 48.5 Å². The van der Waals surface area contributed by atoms with Crippen molar-refractivity contribution in [2.45, 2.75) is 26.8 Å². The Bertz CT molecular complexity index is 1850. The third kappa shape index (κ3) is 5.82. The van der Waals surface area contributed by atoms with Crippen molar-refractivity contribution in [3.05, 3.63) is 114 Å². The monoisotopic (exact) mass is 590 g/mol.